The topological polar surface area (TPSA) is 267 Å². The Balaban J connectivity index is 1.74. The lowest BCUT2D eigenvalue weighted by atomic mass is 10.0. The van der Waals surface area contributed by atoms with Crippen LogP contribution in [0, 0.1) is 0 Å². The van der Waals surface area contributed by atoms with E-state index in [1.165, 1.54) is 12.1 Å². The van der Waals surface area contributed by atoms with E-state index in [4.69, 9.17) is 11.5 Å². The molecule has 0 saturated carbocycles. The van der Waals surface area contributed by atoms with Crippen molar-refractivity contribution in [1.29, 1.82) is 0 Å². The van der Waals surface area contributed by atoms with Gasteiger partial charge in [0.05, 0.1) is 6.04 Å². The number of carbonyl (C=O) groups is 6. The summed E-state index contributed by atoms with van der Waals surface area (Å²) in [5.74, 6) is -6.02. The number of fused-ring (bicyclic) bond motifs is 1. The number of phenolic OH excluding ortho intramolecular Hbond substituents is 1. The Kier molecular flexibility index (Phi) is 12.0. The van der Waals surface area contributed by atoms with Gasteiger partial charge in [-0.25, -0.2) is 4.79 Å². The van der Waals surface area contributed by atoms with Crippen LogP contribution in [0.2, 0.25) is 0 Å². The monoisotopic (exact) mass is 624 g/mol. The minimum atomic E-state index is -1.45. The largest absolute Gasteiger partial charge is 0.508 e. The van der Waals surface area contributed by atoms with Gasteiger partial charge in [0.1, 0.15) is 23.9 Å². The van der Waals surface area contributed by atoms with Gasteiger partial charge in [-0.15, -0.1) is 0 Å². The average Bonchev–Trinajstić information content (AvgIpc) is 3.40. The molecule has 3 rings (SSSR count). The summed E-state index contributed by atoms with van der Waals surface area (Å²) in [6.07, 6.45) is 0.0419. The summed E-state index contributed by atoms with van der Waals surface area (Å²) >= 11 is 0. The van der Waals surface area contributed by atoms with E-state index in [0.29, 0.717) is 11.1 Å². The molecule has 3 aromatic rings. The summed E-state index contributed by atoms with van der Waals surface area (Å²) in [6.45, 7) is 0. The number of carboxylic acids is 2. The number of carboxylic acid groups (broad SMARTS) is 2. The number of aromatic hydroxyl groups is 1. The van der Waals surface area contributed by atoms with Gasteiger partial charge in [0.2, 0.25) is 23.6 Å². The van der Waals surface area contributed by atoms with E-state index in [1.54, 1.807) is 36.5 Å². The molecule has 0 aliphatic rings. The smallest absolute Gasteiger partial charge is 0.326 e. The van der Waals surface area contributed by atoms with Crippen LogP contribution >= 0.6 is 0 Å². The molecule has 0 aliphatic heterocycles. The molecule has 4 atom stereocenters. The first-order chi connectivity index (χ1) is 21.3. The van der Waals surface area contributed by atoms with E-state index < -0.39 is 66.2 Å². The normalized spacial score (nSPS) is 13.6. The number of phenols is 1. The Morgan fingerprint density at radius 2 is 1.33 bits per heavy atom. The molecule has 1 aromatic heterocycles. The molecule has 45 heavy (non-hydrogen) atoms. The number of nitrogens with one attached hydrogen (secondary N) is 4. The summed E-state index contributed by atoms with van der Waals surface area (Å²) in [5, 5.41) is 36.4. The molecule has 0 radical (unpaired) electrons. The van der Waals surface area contributed by atoms with Gasteiger partial charge in [-0.05, 0) is 48.6 Å². The number of benzene rings is 2. The van der Waals surface area contributed by atoms with Gasteiger partial charge < -0.3 is 47.7 Å². The number of nitrogens with two attached hydrogens (primary N) is 2. The highest BCUT2D eigenvalue weighted by molar-refractivity contribution is 5.95. The van der Waals surface area contributed by atoms with Crippen molar-refractivity contribution in [2.45, 2.75) is 62.7 Å². The Labute approximate surface area is 257 Å². The maximum Gasteiger partial charge on any atom is 0.326 e. The van der Waals surface area contributed by atoms with Gasteiger partial charge in [0.25, 0.3) is 0 Å². The Hall–Kier alpha value is -5.44. The minimum absolute atomic E-state index is 0.0183. The molecule has 4 amide bonds. The van der Waals surface area contributed by atoms with Crippen LogP contribution in [0.5, 0.6) is 5.75 Å². The number of rotatable bonds is 17. The van der Waals surface area contributed by atoms with Gasteiger partial charge in [-0.1, -0.05) is 30.3 Å². The maximum absolute atomic E-state index is 13.3. The number of para-hydroxylation sites is 1. The van der Waals surface area contributed by atoms with E-state index in [-0.39, 0.29) is 37.9 Å². The second-order valence-corrected chi connectivity index (χ2v) is 10.5. The summed E-state index contributed by atoms with van der Waals surface area (Å²) in [5.41, 5.74) is 13.3. The lowest BCUT2D eigenvalue weighted by molar-refractivity contribution is -0.142. The summed E-state index contributed by atoms with van der Waals surface area (Å²) in [7, 11) is 0. The van der Waals surface area contributed by atoms with Crippen LogP contribution in [0.25, 0.3) is 10.9 Å². The zero-order valence-corrected chi connectivity index (χ0v) is 24.2. The number of aromatic nitrogens is 1. The second-order valence-electron chi connectivity index (χ2n) is 10.5. The summed E-state index contributed by atoms with van der Waals surface area (Å²) in [4.78, 5) is 77.3. The highest BCUT2D eigenvalue weighted by Crippen LogP contribution is 2.19. The van der Waals surface area contributed by atoms with Gasteiger partial charge >= 0.3 is 11.9 Å². The van der Waals surface area contributed by atoms with E-state index in [0.717, 1.165) is 10.9 Å². The zero-order valence-electron chi connectivity index (χ0n) is 24.2. The number of carbonyl (C=O) groups excluding carboxylic acids is 4. The van der Waals surface area contributed by atoms with Gasteiger partial charge in [0, 0.05) is 36.4 Å². The van der Waals surface area contributed by atoms with Crippen molar-refractivity contribution >= 4 is 46.5 Å². The fourth-order valence-corrected chi connectivity index (χ4v) is 4.61. The first-order valence-electron chi connectivity index (χ1n) is 14.1. The predicted octanol–water partition coefficient (Wildman–Crippen LogP) is -0.345. The van der Waals surface area contributed by atoms with Gasteiger partial charge in [-0.2, -0.15) is 0 Å². The number of hydrogen-bond donors (Lipinski definition) is 9. The SMILES string of the molecule is NC(=O)CCC(NC(=O)C(CCC(=O)O)NC(=O)C(N)Cc1ccc(O)cc1)C(=O)NC(Cc1c[nH]c2ccccc12)C(=O)O. The number of primary amides is 1. The standard InChI is InChI=1S/C30H36N6O9/c31-20(13-16-5-7-18(37)8-6-16)27(41)34-23(10-12-26(39)40)28(42)35-22(9-11-25(32)38)29(43)36-24(30(44)45)14-17-15-33-21-4-2-1-3-19(17)21/h1-8,15,20,22-24,33,37H,9-14,31H2,(H2,32,38)(H,34,41)(H,35,42)(H,36,43)(H,39,40)(H,44,45). The Bertz CT molecular complexity index is 1540. The lowest BCUT2D eigenvalue weighted by Gasteiger charge is -2.25. The molecule has 11 N–H and O–H groups in total. The maximum atomic E-state index is 13.3. The Morgan fingerprint density at radius 3 is 1.93 bits per heavy atom. The van der Waals surface area contributed by atoms with Crippen LogP contribution in [-0.2, 0) is 41.6 Å². The van der Waals surface area contributed by atoms with E-state index >= 15 is 0 Å². The molecular weight excluding hydrogens is 588 g/mol. The highest BCUT2D eigenvalue weighted by Gasteiger charge is 2.31. The molecule has 0 aliphatic carbocycles. The third-order valence-electron chi connectivity index (χ3n) is 7.03. The molecule has 15 nitrogen and oxygen atoms in total. The molecule has 0 saturated heterocycles. The highest BCUT2D eigenvalue weighted by atomic mass is 16.4. The fourth-order valence-electron chi connectivity index (χ4n) is 4.61. The summed E-state index contributed by atoms with van der Waals surface area (Å²) in [6, 6.07) is 7.67. The third kappa shape index (κ3) is 10.4. The summed E-state index contributed by atoms with van der Waals surface area (Å²) < 4.78 is 0. The van der Waals surface area contributed by atoms with Crippen molar-refractivity contribution in [1.82, 2.24) is 20.9 Å². The van der Waals surface area contributed by atoms with Gasteiger partial charge in [-0.3, -0.25) is 24.0 Å². The molecule has 0 fully saturated rings. The quantitative estimate of drug-likeness (QED) is 0.0942. The van der Waals surface area contributed by atoms with Crippen LogP contribution in [0.3, 0.4) is 0 Å². The molecule has 0 spiro atoms. The van der Waals surface area contributed by atoms with Crippen LogP contribution in [0.15, 0.2) is 54.7 Å². The minimum Gasteiger partial charge on any atom is -0.508 e. The number of aromatic amines is 1. The second kappa shape index (κ2) is 15.9. The average molecular weight is 625 g/mol. The van der Waals surface area contributed by atoms with E-state index in [2.05, 4.69) is 20.9 Å². The number of hydrogen-bond acceptors (Lipinski definition) is 8. The molecule has 1 heterocycles. The first-order valence-corrected chi connectivity index (χ1v) is 14.1. The van der Waals surface area contributed by atoms with E-state index in [1.807, 2.05) is 6.07 Å². The van der Waals surface area contributed by atoms with Crippen molar-refractivity contribution in [2.24, 2.45) is 11.5 Å². The lowest BCUT2D eigenvalue weighted by Crippen LogP contribution is -2.57. The van der Waals surface area contributed by atoms with Crippen molar-refractivity contribution in [3.63, 3.8) is 0 Å². The van der Waals surface area contributed by atoms with Crippen LogP contribution < -0.4 is 27.4 Å². The molecular formula is C30H36N6O9. The van der Waals surface area contributed by atoms with Crippen LogP contribution in [0.4, 0.5) is 0 Å². The number of H-pyrrole nitrogens is 1. The van der Waals surface area contributed by atoms with Crippen molar-refractivity contribution < 1.29 is 44.1 Å². The van der Waals surface area contributed by atoms with E-state index in [9.17, 15) is 44.1 Å². The zero-order chi connectivity index (χ0) is 33.1. The van der Waals surface area contributed by atoms with Crippen molar-refractivity contribution in [3.05, 3.63) is 65.9 Å². The Morgan fingerprint density at radius 1 is 0.756 bits per heavy atom. The van der Waals surface area contributed by atoms with Crippen LogP contribution in [0.1, 0.15) is 36.8 Å². The first kappa shape index (κ1) is 34.1. The predicted molar refractivity (Wildman–Crippen MR) is 161 cm³/mol. The fraction of sp³-hybridized carbons (Fsp3) is 0.333. The van der Waals surface area contributed by atoms with Gasteiger partial charge in [0.15, 0.2) is 0 Å². The third-order valence-corrected chi connectivity index (χ3v) is 7.03. The van der Waals surface area contributed by atoms with Crippen LogP contribution in [-0.4, -0.2) is 80.0 Å². The molecule has 2 aromatic carbocycles. The number of aliphatic carboxylic acids is 2. The molecule has 240 valence electrons. The molecule has 4 unspecified atom stereocenters. The molecule has 0 bridgehead atoms. The van der Waals surface area contributed by atoms with Crippen molar-refractivity contribution in [2.75, 3.05) is 0 Å². The molecule has 15 heteroatoms. The number of amides is 4. The van der Waals surface area contributed by atoms with Crippen molar-refractivity contribution in [3.8, 4) is 5.75 Å².